The summed E-state index contributed by atoms with van der Waals surface area (Å²) in [6, 6.07) is 0. The van der Waals surface area contributed by atoms with Crippen molar-refractivity contribution in [2.24, 2.45) is 11.8 Å². The fourth-order valence-electron chi connectivity index (χ4n) is 2.99. The standard InChI is InChI=1S/C15H29N5/c1-12-6-5-7-13(10-12)8-9-20-14(17-18-19-20)11-16-15(2,3)4/h12-13,16H,5-11H2,1-4H3. The van der Waals surface area contributed by atoms with E-state index in [9.17, 15) is 0 Å². The summed E-state index contributed by atoms with van der Waals surface area (Å²) in [7, 11) is 0. The molecule has 5 heteroatoms. The Bertz CT molecular complexity index is 407. The second-order valence-corrected chi connectivity index (χ2v) is 7.35. The molecule has 20 heavy (non-hydrogen) atoms. The summed E-state index contributed by atoms with van der Waals surface area (Å²) < 4.78 is 1.97. The zero-order chi connectivity index (χ0) is 14.6. The predicted molar refractivity (Wildman–Crippen MR) is 80.1 cm³/mol. The lowest BCUT2D eigenvalue weighted by Gasteiger charge is -2.26. The third kappa shape index (κ3) is 4.85. The Kier molecular flexibility index (Phi) is 5.13. The van der Waals surface area contributed by atoms with Gasteiger partial charge >= 0.3 is 0 Å². The van der Waals surface area contributed by atoms with E-state index in [0.717, 1.165) is 30.7 Å². The summed E-state index contributed by atoms with van der Waals surface area (Å²) in [5, 5.41) is 15.5. The second kappa shape index (κ2) is 6.66. The first-order valence-electron chi connectivity index (χ1n) is 7.94. The first kappa shape index (κ1) is 15.4. The van der Waals surface area contributed by atoms with Crippen molar-refractivity contribution >= 4 is 0 Å². The van der Waals surface area contributed by atoms with E-state index in [0.29, 0.717) is 0 Å². The van der Waals surface area contributed by atoms with Crippen molar-refractivity contribution in [3.05, 3.63) is 5.82 Å². The van der Waals surface area contributed by atoms with E-state index in [4.69, 9.17) is 0 Å². The zero-order valence-electron chi connectivity index (χ0n) is 13.4. The van der Waals surface area contributed by atoms with Gasteiger partial charge in [0.1, 0.15) is 0 Å². The van der Waals surface area contributed by atoms with Crippen LogP contribution in [0.2, 0.25) is 0 Å². The third-order valence-corrected chi connectivity index (χ3v) is 4.18. The Morgan fingerprint density at radius 3 is 2.80 bits per heavy atom. The lowest BCUT2D eigenvalue weighted by Crippen LogP contribution is -2.36. The molecule has 2 atom stereocenters. The number of nitrogens with one attached hydrogen (secondary N) is 1. The molecule has 114 valence electrons. The molecule has 0 amide bonds. The maximum atomic E-state index is 4.14. The van der Waals surface area contributed by atoms with E-state index in [1.54, 1.807) is 0 Å². The van der Waals surface area contributed by atoms with Crippen molar-refractivity contribution in [2.45, 2.75) is 78.4 Å². The number of hydrogen-bond acceptors (Lipinski definition) is 4. The first-order chi connectivity index (χ1) is 9.44. The van der Waals surface area contributed by atoms with Crippen LogP contribution in [0.5, 0.6) is 0 Å². The molecule has 1 aromatic rings. The Morgan fingerprint density at radius 1 is 1.30 bits per heavy atom. The molecule has 1 fully saturated rings. The number of rotatable bonds is 5. The van der Waals surface area contributed by atoms with Crippen LogP contribution in [0.3, 0.4) is 0 Å². The minimum absolute atomic E-state index is 0.0928. The predicted octanol–water partition coefficient (Wildman–Crippen LogP) is 2.78. The van der Waals surface area contributed by atoms with Crippen LogP contribution in [0.15, 0.2) is 0 Å². The van der Waals surface area contributed by atoms with E-state index >= 15 is 0 Å². The number of tetrazole rings is 1. The van der Waals surface area contributed by atoms with Crippen molar-refractivity contribution in [1.82, 2.24) is 25.5 Å². The number of nitrogens with zero attached hydrogens (tertiary/aromatic N) is 4. The molecular weight excluding hydrogens is 250 g/mol. The van der Waals surface area contributed by atoms with Gasteiger partial charge in [0.25, 0.3) is 0 Å². The number of aryl methyl sites for hydroxylation is 1. The maximum absolute atomic E-state index is 4.14. The van der Waals surface area contributed by atoms with Crippen molar-refractivity contribution in [1.29, 1.82) is 0 Å². The maximum Gasteiger partial charge on any atom is 0.165 e. The minimum Gasteiger partial charge on any atom is -0.305 e. The molecule has 2 unspecified atom stereocenters. The van der Waals surface area contributed by atoms with Gasteiger partial charge in [0.15, 0.2) is 5.82 Å². The summed E-state index contributed by atoms with van der Waals surface area (Å²) in [5.74, 6) is 2.69. The van der Waals surface area contributed by atoms with Crippen molar-refractivity contribution in [3.63, 3.8) is 0 Å². The summed E-state index contributed by atoms with van der Waals surface area (Å²) in [5.41, 5.74) is 0.0928. The van der Waals surface area contributed by atoms with E-state index in [1.165, 1.54) is 32.1 Å². The number of aromatic nitrogens is 4. The van der Waals surface area contributed by atoms with Gasteiger partial charge in [0.05, 0.1) is 6.54 Å². The average Bonchev–Trinajstić information content (AvgIpc) is 2.81. The van der Waals surface area contributed by atoms with E-state index in [-0.39, 0.29) is 5.54 Å². The molecule has 1 aliphatic carbocycles. The van der Waals surface area contributed by atoms with Gasteiger partial charge in [-0.15, -0.1) is 5.10 Å². The van der Waals surface area contributed by atoms with Gasteiger partial charge < -0.3 is 5.32 Å². The van der Waals surface area contributed by atoms with Crippen LogP contribution >= 0.6 is 0 Å². The first-order valence-corrected chi connectivity index (χ1v) is 7.94. The molecule has 5 nitrogen and oxygen atoms in total. The molecule has 1 saturated carbocycles. The molecule has 2 rings (SSSR count). The molecule has 1 N–H and O–H groups in total. The fourth-order valence-corrected chi connectivity index (χ4v) is 2.99. The molecule has 1 aromatic heterocycles. The lowest BCUT2D eigenvalue weighted by atomic mass is 9.81. The molecular formula is C15H29N5. The van der Waals surface area contributed by atoms with Gasteiger partial charge in [0.2, 0.25) is 0 Å². The van der Waals surface area contributed by atoms with Gasteiger partial charge in [-0.2, -0.15) is 0 Å². The van der Waals surface area contributed by atoms with E-state index < -0.39 is 0 Å². The topological polar surface area (TPSA) is 55.6 Å². The van der Waals surface area contributed by atoms with Crippen LogP contribution < -0.4 is 5.32 Å². The highest BCUT2D eigenvalue weighted by Crippen LogP contribution is 2.30. The third-order valence-electron chi connectivity index (χ3n) is 4.18. The van der Waals surface area contributed by atoms with Crippen LogP contribution in [-0.2, 0) is 13.1 Å². The van der Waals surface area contributed by atoms with Crippen molar-refractivity contribution in [3.8, 4) is 0 Å². The highest BCUT2D eigenvalue weighted by atomic mass is 15.5. The Labute approximate surface area is 122 Å². The van der Waals surface area contributed by atoms with Crippen LogP contribution in [-0.4, -0.2) is 25.7 Å². The zero-order valence-corrected chi connectivity index (χ0v) is 13.4. The van der Waals surface area contributed by atoms with Gasteiger partial charge in [0, 0.05) is 12.1 Å². The summed E-state index contributed by atoms with van der Waals surface area (Å²) in [6.45, 7) is 10.5. The molecule has 0 spiro atoms. The average molecular weight is 279 g/mol. The van der Waals surface area contributed by atoms with E-state index in [1.807, 2.05) is 4.68 Å². The molecule has 0 aromatic carbocycles. The van der Waals surface area contributed by atoms with Crippen molar-refractivity contribution in [2.75, 3.05) is 0 Å². The second-order valence-electron chi connectivity index (χ2n) is 7.35. The fraction of sp³-hybridized carbons (Fsp3) is 0.933. The highest BCUT2D eigenvalue weighted by Gasteiger charge is 2.19. The van der Waals surface area contributed by atoms with Crippen LogP contribution in [0.1, 0.15) is 65.6 Å². The molecule has 0 bridgehead atoms. The van der Waals surface area contributed by atoms with Crippen LogP contribution in [0.4, 0.5) is 0 Å². The molecule has 0 radical (unpaired) electrons. The van der Waals surface area contributed by atoms with Crippen LogP contribution in [0.25, 0.3) is 0 Å². The highest BCUT2D eigenvalue weighted by molar-refractivity contribution is 4.84. The summed E-state index contributed by atoms with van der Waals surface area (Å²) >= 11 is 0. The summed E-state index contributed by atoms with van der Waals surface area (Å²) in [6.07, 6.45) is 6.75. The number of hydrogen-bond donors (Lipinski definition) is 1. The Hall–Kier alpha value is -0.970. The van der Waals surface area contributed by atoms with Crippen LogP contribution in [0, 0.1) is 11.8 Å². The van der Waals surface area contributed by atoms with Crippen molar-refractivity contribution < 1.29 is 0 Å². The summed E-state index contributed by atoms with van der Waals surface area (Å²) in [4.78, 5) is 0. The molecule has 1 aliphatic rings. The minimum atomic E-state index is 0.0928. The van der Waals surface area contributed by atoms with Gasteiger partial charge in [-0.3, -0.25) is 0 Å². The largest absolute Gasteiger partial charge is 0.305 e. The smallest absolute Gasteiger partial charge is 0.165 e. The molecule has 0 aliphatic heterocycles. The monoisotopic (exact) mass is 279 g/mol. The van der Waals surface area contributed by atoms with Gasteiger partial charge in [-0.1, -0.05) is 26.2 Å². The lowest BCUT2D eigenvalue weighted by molar-refractivity contribution is 0.256. The SMILES string of the molecule is CC1CCCC(CCn2nnnc2CNC(C)(C)C)C1. The normalized spacial score (nSPS) is 24.0. The van der Waals surface area contributed by atoms with Gasteiger partial charge in [-0.05, 0) is 55.9 Å². The van der Waals surface area contributed by atoms with Gasteiger partial charge in [-0.25, -0.2) is 4.68 Å². The Morgan fingerprint density at radius 2 is 2.10 bits per heavy atom. The Balaban J connectivity index is 1.82. The molecule has 1 heterocycles. The van der Waals surface area contributed by atoms with E-state index in [2.05, 4.69) is 48.5 Å². The molecule has 0 saturated heterocycles. The quantitative estimate of drug-likeness (QED) is 0.900.